The predicted molar refractivity (Wildman–Crippen MR) is 98.3 cm³/mol. The Morgan fingerprint density at radius 2 is 1.50 bits per heavy atom. The summed E-state index contributed by atoms with van der Waals surface area (Å²) in [7, 11) is 0. The summed E-state index contributed by atoms with van der Waals surface area (Å²) < 4.78 is 2.22. The maximum Gasteiger partial charge on any atom is 0.140 e. The van der Waals surface area contributed by atoms with Crippen molar-refractivity contribution in [2.75, 3.05) is 0 Å². The molecule has 2 heteroatoms. The number of benzene rings is 2. The van der Waals surface area contributed by atoms with Gasteiger partial charge in [0.1, 0.15) is 6.10 Å². The molecule has 1 aromatic heterocycles. The molecular formula is C22H21NO. The molecule has 3 aromatic rings. The average Bonchev–Trinajstić information content (AvgIpc) is 2.92. The molecule has 0 amide bonds. The Hall–Kier alpha value is -2.76. The second kappa shape index (κ2) is 6.78. The summed E-state index contributed by atoms with van der Waals surface area (Å²) in [5.41, 5.74) is 6.34. The van der Waals surface area contributed by atoms with Gasteiger partial charge in [-0.1, -0.05) is 54.3 Å². The summed E-state index contributed by atoms with van der Waals surface area (Å²) in [6.07, 6.45) is -0.786. The first kappa shape index (κ1) is 16.1. The fraction of sp³-hybridized carbons (Fsp3) is 0.182. The highest BCUT2D eigenvalue weighted by atomic mass is 16.3. The van der Waals surface area contributed by atoms with Gasteiger partial charge in [-0.25, -0.2) is 0 Å². The molecule has 0 aliphatic carbocycles. The van der Waals surface area contributed by atoms with Crippen molar-refractivity contribution in [2.45, 2.75) is 26.9 Å². The zero-order chi connectivity index (χ0) is 17.1. The lowest BCUT2D eigenvalue weighted by molar-refractivity contribution is 0.238. The second-order valence-electron chi connectivity index (χ2n) is 6.01. The molecule has 0 bridgehead atoms. The second-order valence-corrected chi connectivity index (χ2v) is 6.01. The van der Waals surface area contributed by atoms with E-state index in [4.69, 9.17) is 0 Å². The third-order valence-electron chi connectivity index (χ3n) is 4.19. The Morgan fingerprint density at radius 3 is 2.17 bits per heavy atom. The molecule has 1 atom stereocenters. The van der Waals surface area contributed by atoms with Crippen LogP contribution in [0.5, 0.6) is 0 Å². The van der Waals surface area contributed by atoms with E-state index in [1.54, 1.807) is 0 Å². The quantitative estimate of drug-likeness (QED) is 0.693. The molecule has 3 rings (SSSR count). The molecule has 2 nitrogen and oxygen atoms in total. The lowest BCUT2D eigenvalue weighted by atomic mass is 10.1. The zero-order valence-corrected chi connectivity index (χ0v) is 14.2. The van der Waals surface area contributed by atoms with E-state index in [1.807, 2.05) is 42.5 Å². The largest absolute Gasteiger partial charge is 0.376 e. The molecule has 0 fully saturated rings. The van der Waals surface area contributed by atoms with Crippen molar-refractivity contribution in [1.29, 1.82) is 0 Å². The van der Waals surface area contributed by atoms with Gasteiger partial charge in [-0.05, 0) is 50.1 Å². The first-order valence-corrected chi connectivity index (χ1v) is 8.07. The maximum absolute atomic E-state index is 10.3. The van der Waals surface area contributed by atoms with E-state index < -0.39 is 6.10 Å². The Morgan fingerprint density at radius 1 is 0.833 bits per heavy atom. The van der Waals surface area contributed by atoms with E-state index in [0.29, 0.717) is 0 Å². The van der Waals surface area contributed by atoms with Crippen molar-refractivity contribution in [3.8, 4) is 17.5 Å². The van der Waals surface area contributed by atoms with Gasteiger partial charge in [-0.2, -0.15) is 0 Å². The fourth-order valence-electron chi connectivity index (χ4n) is 2.94. The highest BCUT2D eigenvalue weighted by molar-refractivity contribution is 5.57. The number of rotatable bonds is 2. The fourth-order valence-corrected chi connectivity index (χ4v) is 2.94. The standard InChI is InChI=1S/C22H21NO/c1-16-8-7-11-20(22(16)23-17(2)12-13-18(23)3)14-15-21(24)19-9-5-4-6-10-19/h4-13,21,24H,1-3H3. The van der Waals surface area contributed by atoms with Gasteiger partial charge < -0.3 is 9.67 Å². The van der Waals surface area contributed by atoms with Crippen molar-refractivity contribution < 1.29 is 5.11 Å². The van der Waals surface area contributed by atoms with Crippen LogP contribution in [-0.2, 0) is 0 Å². The summed E-state index contributed by atoms with van der Waals surface area (Å²) in [6.45, 7) is 6.28. The Labute approximate surface area is 143 Å². The van der Waals surface area contributed by atoms with Gasteiger partial charge in [0.05, 0.1) is 5.69 Å². The molecule has 120 valence electrons. The van der Waals surface area contributed by atoms with Gasteiger partial charge in [-0.15, -0.1) is 0 Å². The van der Waals surface area contributed by atoms with Crippen LogP contribution in [0.1, 0.15) is 34.2 Å². The number of aliphatic hydroxyl groups is 1. The molecule has 1 heterocycles. The molecule has 0 radical (unpaired) electrons. The van der Waals surface area contributed by atoms with Crippen LogP contribution in [0.3, 0.4) is 0 Å². The van der Waals surface area contributed by atoms with Gasteiger partial charge in [-0.3, -0.25) is 0 Å². The van der Waals surface area contributed by atoms with Gasteiger partial charge >= 0.3 is 0 Å². The van der Waals surface area contributed by atoms with Gasteiger partial charge in [0.25, 0.3) is 0 Å². The monoisotopic (exact) mass is 315 g/mol. The lowest BCUT2D eigenvalue weighted by Gasteiger charge is -2.15. The Bertz CT molecular complexity index is 891. The third kappa shape index (κ3) is 3.13. The molecule has 24 heavy (non-hydrogen) atoms. The number of aliphatic hydroxyl groups excluding tert-OH is 1. The highest BCUT2D eigenvalue weighted by Crippen LogP contribution is 2.23. The van der Waals surface area contributed by atoms with Gasteiger partial charge in [0.15, 0.2) is 0 Å². The third-order valence-corrected chi connectivity index (χ3v) is 4.19. The predicted octanol–water partition coefficient (Wildman–Crippen LogP) is 4.49. The molecule has 0 saturated carbocycles. The van der Waals surface area contributed by atoms with Gasteiger partial charge in [0, 0.05) is 17.0 Å². The van der Waals surface area contributed by atoms with E-state index in [-0.39, 0.29) is 0 Å². The normalized spacial score (nSPS) is 11.7. The first-order valence-electron chi connectivity index (χ1n) is 8.07. The van der Waals surface area contributed by atoms with Crippen molar-refractivity contribution >= 4 is 0 Å². The maximum atomic E-state index is 10.3. The number of hydrogen-bond donors (Lipinski definition) is 1. The molecule has 2 aromatic carbocycles. The van der Waals surface area contributed by atoms with Crippen molar-refractivity contribution in [3.05, 3.63) is 88.7 Å². The number of nitrogens with zero attached hydrogens (tertiary/aromatic N) is 1. The smallest absolute Gasteiger partial charge is 0.140 e. The minimum Gasteiger partial charge on any atom is -0.376 e. The van der Waals surface area contributed by atoms with Crippen LogP contribution in [0.25, 0.3) is 5.69 Å². The molecular weight excluding hydrogens is 294 g/mol. The van der Waals surface area contributed by atoms with Crippen LogP contribution >= 0.6 is 0 Å². The molecule has 0 saturated heterocycles. The summed E-state index contributed by atoms with van der Waals surface area (Å²) in [4.78, 5) is 0. The van der Waals surface area contributed by atoms with Crippen molar-refractivity contribution in [3.63, 3.8) is 0 Å². The van der Waals surface area contributed by atoms with Crippen LogP contribution in [0.4, 0.5) is 0 Å². The van der Waals surface area contributed by atoms with E-state index in [1.165, 1.54) is 17.0 Å². The zero-order valence-electron chi connectivity index (χ0n) is 14.2. The molecule has 1 N–H and O–H groups in total. The van der Waals surface area contributed by atoms with E-state index in [9.17, 15) is 5.11 Å². The lowest BCUT2D eigenvalue weighted by Crippen LogP contribution is -2.04. The van der Waals surface area contributed by atoms with Crippen molar-refractivity contribution in [1.82, 2.24) is 4.57 Å². The summed E-state index contributed by atoms with van der Waals surface area (Å²) in [5.74, 6) is 6.15. The number of aryl methyl sites for hydroxylation is 3. The molecule has 1 unspecified atom stereocenters. The molecule has 0 aliphatic heterocycles. The van der Waals surface area contributed by atoms with E-state index in [0.717, 1.165) is 16.8 Å². The van der Waals surface area contributed by atoms with Crippen LogP contribution in [0.2, 0.25) is 0 Å². The van der Waals surface area contributed by atoms with Crippen LogP contribution in [0.15, 0.2) is 60.7 Å². The number of hydrogen-bond acceptors (Lipinski definition) is 1. The highest BCUT2D eigenvalue weighted by Gasteiger charge is 2.11. The number of aromatic nitrogens is 1. The Balaban J connectivity index is 2.05. The van der Waals surface area contributed by atoms with Gasteiger partial charge in [0.2, 0.25) is 0 Å². The summed E-state index contributed by atoms with van der Waals surface area (Å²) in [5, 5.41) is 10.3. The minimum absolute atomic E-state index is 0.786. The summed E-state index contributed by atoms with van der Waals surface area (Å²) in [6, 6.07) is 19.8. The molecule has 0 aliphatic rings. The Kier molecular flexibility index (Phi) is 4.55. The van der Waals surface area contributed by atoms with Crippen molar-refractivity contribution in [2.24, 2.45) is 0 Å². The van der Waals surface area contributed by atoms with E-state index >= 15 is 0 Å². The van der Waals surface area contributed by atoms with Crippen LogP contribution in [-0.4, -0.2) is 9.67 Å². The summed E-state index contributed by atoms with van der Waals surface area (Å²) >= 11 is 0. The first-order chi connectivity index (χ1) is 11.6. The number of para-hydroxylation sites is 1. The SMILES string of the molecule is Cc1cccc(C#CC(O)c2ccccc2)c1-n1c(C)ccc1C. The van der Waals surface area contributed by atoms with Crippen LogP contribution in [0, 0.1) is 32.6 Å². The minimum atomic E-state index is -0.786. The molecule has 0 spiro atoms. The average molecular weight is 315 g/mol. The van der Waals surface area contributed by atoms with Crippen LogP contribution < -0.4 is 0 Å². The topological polar surface area (TPSA) is 25.2 Å². The van der Waals surface area contributed by atoms with E-state index in [2.05, 4.69) is 55.4 Å².